The molecule has 0 aliphatic carbocycles. The van der Waals surface area contributed by atoms with Crippen LogP contribution in [0, 0.1) is 5.41 Å². The molecule has 1 amide bonds. The predicted octanol–water partition coefficient (Wildman–Crippen LogP) is 1.37. The molecule has 14 heavy (non-hydrogen) atoms. The van der Waals surface area contributed by atoms with Crippen LogP contribution in [0.1, 0.15) is 40.5 Å². The number of carbonyl (C=O) groups excluding carboxylic acids is 1. The van der Waals surface area contributed by atoms with E-state index in [1.54, 1.807) is 0 Å². The maximum Gasteiger partial charge on any atom is 0.240 e. The van der Waals surface area contributed by atoms with E-state index in [2.05, 4.69) is 6.92 Å². The first-order chi connectivity index (χ1) is 6.34. The molecule has 0 spiro atoms. The Morgan fingerprint density at radius 2 is 2.07 bits per heavy atom. The number of likely N-dealkylation sites (tertiary alicyclic amines) is 1. The van der Waals surface area contributed by atoms with Gasteiger partial charge in [-0.25, -0.2) is 0 Å². The Morgan fingerprint density at radius 1 is 1.50 bits per heavy atom. The second-order valence-electron chi connectivity index (χ2n) is 5.37. The van der Waals surface area contributed by atoms with E-state index in [9.17, 15) is 4.79 Å². The average molecular weight is 198 g/mol. The monoisotopic (exact) mass is 198 g/mol. The Balaban J connectivity index is 2.65. The van der Waals surface area contributed by atoms with E-state index in [0.29, 0.717) is 6.04 Å². The zero-order valence-corrected chi connectivity index (χ0v) is 9.71. The smallest absolute Gasteiger partial charge is 0.240 e. The van der Waals surface area contributed by atoms with E-state index >= 15 is 0 Å². The zero-order chi connectivity index (χ0) is 10.9. The maximum atomic E-state index is 12.0. The van der Waals surface area contributed by atoms with Gasteiger partial charge in [0.25, 0.3) is 0 Å². The fourth-order valence-electron chi connectivity index (χ4n) is 1.81. The van der Waals surface area contributed by atoms with E-state index in [-0.39, 0.29) is 17.4 Å². The fourth-order valence-corrected chi connectivity index (χ4v) is 1.81. The topological polar surface area (TPSA) is 46.3 Å². The molecule has 1 saturated heterocycles. The van der Waals surface area contributed by atoms with E-state index < -0.39 is 0 Å². The molecule has 1 aliphatic rings. The third kappa shape index (κ3) is 2.27. The number of carbonyl (C=O) groups is 1. The molecule has 0 aromatic heterocycles. The molecule has 3 heteroatoms. The lowest BCUT2D eigenvalue weighted by atomic mass is 9.86. The molecule has 1 aliphatic heterocycles. The third-order valence-corrected chi connectivity index (χ3v) is 3.04. The molecule has 2 N–H and O–H groups in total. The van der Waals surface area contributed by atoms with Crippen molar-refractivity contribution in [3.05, 3.63) is 0 Å². The summed E-state index contributed by atoms with van der Waals surface area (Å²) >= 11 is 0. The Hall–Kier alpha value is -0.570. The van der Waals surface area contributed by atoms with Gasteiger partial charge in [0.05, 0.1) is 6.04 Å². The van der Waals surface area contributed by atoms with E-state index in [0.717, 1.165) is 19.4 Å². The number of hydrogen-bond acceptors (Lipinski definition) is 2. The van der Waals surface area contributed by atoms with Gasteiger partial charge in [0, 0.05) is 12.6 Å². The van der Waals surface area contributed by atoms with Crippen molar-refractivity contribution >= 4 is 5.91 Å². The van der Waals surface area contributed by atoms with Crippen molar-refractivity contribution in [3.8, 4) is 0 Å². The van der Waals surface area contributed by atoms with Crippen LogP contribution < -0.4 is 5.73 Å². The second-order valence-corrected chi connectivity index (χ2v) is 5.37. The Labute approximate surface area is 86.6 Å². The molecule has 0 aromatic rings. The van der Waals surface area contributed by atoms with Crippen LogP contribution in [0.15, 0.2) is 0 Å². The highest BCUT2D eigenvalue weighted by Gasteiger charge is 2.34. The molecule has 3 nitrogen and oxygen atoms in total. The normalized spacial score (nSPS) is 25.2. The molecular formula is C11H22N2O. The maximum absolute atomic E-state index is 12.0. The summed E-state index contributed by atoms with van der Waals surface area (Å²) in [6.07, 6.45) is 2.23. The van der Waals surface area contributed by atoms with Gasteiger partial charge in [0.1, 0.15) is 0 Å². The molecule has 82 valence electrons. The number of amides is 1. The standard InChI is InChI=1S/C11H22N2O/c1-8-6-5-7-13(8)10(14)9(12)11(2,3)4/h8-9H,5-7,12H2,1-4H3/t8-,9?/m0/s1. The van der Waals surface area contributed by atoms with Gasteiger partial charge in [0.2, 0.25) is 5.91 Å². The SMILES string of the molecule is C[C@H]1CCCN1C(=O)C(N)C(C)(C)C. The molecule has 1 fully saturated rings. The quantitative estimate of drug-likeness (QED) is 0.691. The summed E-state index contributed by atoms with van der Waals surface area (Å²) in [7, 11) is 0. The van der Waals surface area contributed by atoms with Crippen LogP contribution in [0.4, 0.5) is 0 Å². The molecule has 0 aromatic carbocycles. The summed E-state index contributed by atoms with van der Waals surface area (Å²) in [5.41, 5.74) is 5.81. The first kappa shape index (κ1) is 11.5. The van der Waals surface area contributed by atoms with Gasteiger partial charge in [-0.15, -0.1) is 0 Å². The van der Waals surface area contributed by atoms with E-state index in [1.807, 2.05) is 25.7 Å². The van der Waals surface area contributed by atoms with Crippen LogP contribution in [-0.2, 0) is 4.79 Å². The van der Waals surface area contributed by atoms with Crippen LogP contribution in [0.5, 0.6) is 0 Å². The molecule has 0 saturated carbocycles. The lowest BCUT2D eigenvalue weighted by Gasteiger charge is -2.31. The Morgan fingerprint density at radius 3 is 2.43 bits per heavy atom. The van der Waals surface area contributed by atoms with Gasteiger partial charge in [-0.1, -0.05) is 20.8 Å². The zero-order valence-electron chi connectivity index (χ0n) is 9.71. The minimum Gasteiger partial charge on any atom is -0.339 e. The van der Waals surface area contributed by atoms with Crippen LogP contribution in [0.2, 0.25) is 0 Å². The Bertz CT molecular complexity index is 216. The van der Waals surface area contributed by atoms with Crippen molar-refractivity contribution in [2.45, 2.75) is 52.6 Å². The highest BCUT2D eigenvalue weighted by Crippen LogP contribution is 2.23. The minimum absolute atomic E-state index is 0.113. The summed E-state index contributed by atoms with van der Waals surface area (Å²) in [6.45, 7) is 9.01. The highest BCUT2D eigenvalue weighted by atomic mass is 16.2. The van der Waals surface area contributed by atoms with E-state index in [4.69, 9.17) is 5.73 Å². The number of nitrogens with two attached hydrogens (primary N) is 1. The van der Waals surface area contributed by atoms with Gasteiger partial charge in [-0.2, -0.15) is 0 Å². The van der Waals surface area contributed by atoms with Crippen LogP contribution in [0.25, 0.3) is 0 Å². The summed E-state index contributed by atoms with van der Waals surface area (Å²) in [6, 6.07) is -0.000972. The first-order valence-corrected chi connectivity index (χ1v) is 5.40. The second kappa shape index (κ2) is 3.89. The van der Waals surface area contributed by atoms with Crippen molar-refractivity contribution in [1.29, 1.82) is 0 Å². The average Bonchev–Trinajstić information content (AvgIpc) is 2.47. The molecule has 1 heterocycles. The molecular weight excluding hydrogens is 176 g/mol. The molecule has 0 radical (unpaired) electrons. The summed E-state index contributed by atoms with van der Waals surface area (Å²) < 4.78 is 0. The lowest BCUT2D eigenvalue weighted by Crippen LogP contribution is -2.51. The minimum atomic E-state index is -0.372. The van der Waals surface area contributed by atoms with Gasteiger partial charge >= 0.3 is 0 Å². The van der Waals surface area contributed by atoms with Crippen molar-refractivity contribution in [3.63, 3.8) is 0 Å². The summed E-state index contributed by atoms with van der Waals surface area (Å²) in [5, 5.41) is 0. The highest BCUT2D eigenvalue weighted by molar-refractivity contribution is 5.83. The van der Waals surface area contributed by atoms with Gasteiger partial charge < -0.3 is 10.6 Å². The van der Waals surface area contributed by atoms with Gasteiger partial charge in [-0.05, 0) is 25.2 Å². The fraction of sp³-hybridized carbons (Fsp3) is 0.909. The lowest BCUT2D eigenvalue weighted by molar-refractivity contribution is -0.135. The summed E-state index contributed by atoms with van der Waals surface area (Å²) in [5.74, 6) is 0.113. The van der Waals surface area contributed by atoms with Crippen LogP contribution in [-0.4, -0.2) is 29.4 Å². The van der Waals surface area contributed by atoms with Gasteiger partial charge in [0.15, 0.2) is 0 Å². The van der Waals surface area contributed by atoms with Crippen LogP contribution in [0.3, 0.4) is 0 Å². The third-order valence-electron chi connectivity index (χ3n) is 3.04. The van der Waals surface area contributed by atoms with Crippen molar-refractivity contribution < 1.29 is 4.79 Å². The number of hydrogen-bond donors (Lipinski definition) is 1. The van der Waals surface area contributed by atoms with Crippen molar-refractivity contribution in [2.75, 3.05) is 6.54 Å². The Kier molecular flexibility index (Phi) is 3.20. The van der Waals surface area contributed by atoms with Crippen molar-refractivity contribution in [2.24, 2.45) is 11.1 Å². The molecule has 2 atom stereocenters. The first-order valence-electron chi connectivity index (χ1n) is 5.40. The number of nitrogens with zero attached hydrogens (tertiary/aromatic N) is 1. The molecule has 1 unspecified atom stereocenters. The van der Waals surface area contributed by atoms with E-state index in [1.165, 1.54) is 0 Å². The predicted molar refractivity (Wildman–Crippen MR) is 57.8 cm³/mol. The van der Waals surface area contributed by atoms with Crippen molar-refractivity contribution in [1.82, 2.24) is 4.90 Å². The molecule has 1 rings (SSSR count). The summed E-state index contributed by atoms with van der Waals surface area (Å²) in [4.78, 5) is 13.9. The largest absolute Gasteiger partial charge is 0.339 e. The van der Waals surface area contributed by atoms with Gasteiger partial charge in [-0.3, -0.25) is 4.79 Å². The van der Waals surface area contributed by atoms with Crippen LogP contribution >= 0.6 is 0 Å². The number of rotatable bonds is 1. The molecule has 0 bridgehead atoms.